The maximum Gasteiger partial charge on any atom is 0.249 e. The lowest BCUT2D eigenvalue weighted by Gasteiger charge is -2.40. The number of ether oxygens (including phenoxy) is 1. The minimum absolute atomic E-state index is 0.0354. The molecular formula is C23H29Cl2NO3. The summed E-state index contributed by atoms with van der Waals surface area (Å²) >= 11 is 11.4. The maximum absolute atomic E-state index is 12.1. The number of carbonyl (C=O) groups excluding carboxylic acids is 1. The molecule has 0 bridgehead atoms. The van der Waals surface area contributed by atoms with Gasteiger partial charge < -0.3 is 14.7 Å². The summed E-state index contributed by atoms with van der Waals surface area (Å²) in [6.07, 6.45) is 2.46. The van der Waals surface area contributed by atoms with Crippen LogP contribution in [0.5, 0.6) is 0 Å². The van der Waals surface area contributed by atoms with Crippen molar-refractivity contribution in [2.45, 2.75) is 32.4 Å². The van der Waals surface area contributed by atoms with E-state index in [0.29, 0.717) is 18.1 Å². The molecule has 1 fully saturated rings. The van der Waals surface area contributed by atoms with E-state index in [-0.39, 0.29) is 31.2 Å². The van der Waals surface area contributed by atoms with Crippen LogP contribution in [0.15, 0.2) is 67.3 Å². The molecule has 1 amide bonds. The minimum atomic E-state index is -0.169. The molecule has 2 aromatic rings. The second-order valence-electron chi connectivity index (χ2n) is 6.33. The highest BCUT2D eigenvalue weighted by Gasteiger charge is 2.34. The molecule has 2 aromatic carbocycles. The van der Waals surface area contributed by atoms with Crippen LogP contribution in [-0.4, -0.2) is 41.8 Å². The molecule has 2 unspecified atom stereocenters. The SMILES string of the molecule is C=CC.CCC(CO)N1C(=O)COCC1c1ccc(Cl)cc1.Clc1ccccc1. The van der Waals surface area contributed by atoms with E-state index in [2.05, 4.69) is 6.58 Å². The molecule has 0 aliphatic carbocycles. The maximum atomic E-state index is 12.1. The first kappa shape index (κ1) is 25.2. The second kappa shape index (κ2) is 14.2. The van der Waals surface area contributed by atoms with E-state index >= 15 is 0 Å². The first-order valence-electron chi connectivity index (χ1n) is 9.51. The molecule has 1 aliphatic heterocycles. The number of allylic oxidation sites excluding steroid dienone is 1. The Morgan fingerprint density at radius 2 is 1.72 bits per heavy atom. The zero-order valence-corrected chi connectivity index (χ0v) is 18.4. The summed E-state index contributed by atoms with van der Waals surface area (Å²) in [6.45, 7) is 7.71. The lowest BCUT2D eigenvalue weighted by molar-refractivity contribution is -0.153. The minimum Gasteiger partial charge on any atom is -0.394 e. The van der Waals surface area contributed by atoms with E-state index in [1.807, 2.05) is 56.3 Å². The van der Waals surface area contributed by atoms with Crippen molar-refractivity contribution in [1.82, 2.24) is 4.90 Å². The van der Waals surface area contributed by atoms with E-state index in [1.165, 1.54) is 0 Å². The average Bonchev–Trinajstić information content (AvgIpc) is 2.72. The predicted molar refractivity (Wildman–Crippen MR) is 120 cm³/mol. The molecular weight excluding hydrogens is 409 g/mol. The summed E-state index contributed by atoms with van der Waals surface area (Å²) in [7, 11) is 0. The van der Waals surface area contributed by atoms with E-state index in [1.54, 1.807) is 23.1 Å². The molecule has 1 aliphatic rings. The number of nitrogens with zero attached hydrogens (tertiary/aromatic N) is 1. The Morgan fingerprint density at radius 1 is 1.17 bits per heavy atom. The molecule has 158 valence electrons. The van der Waals surface area contributed by atoms with Crippen LogP contribution in [0.2, 0.25) is 10.0 Å². The molecule has 1 heterocycles. The molecule has 3 rings (SSSR count). The summed E-state index contributed by atoms with van der Waals surface area (Å²) in [5, 5.41) is 10.9. The van der Waals surface area contributed by atoms with Gasteiger partial charge in [-0.15, -0.1) is 6.58 Å². The topological polar surface area (TPSA) is 49.8 Å². The van der Waals surface area contributed by atoms with Gasteiger partial charge in [0.15, 0.2) is 0 Å². The highest BCUT2D eigenvalue weighted by molar-refractivity contribution is 6.30. The number of amides is 1. The number of hydrogen-bond acceptors (Lipinski definition) is 3. The average molecular weight is 438 g/mol. The molecule has 2 atom stereocenters. The van der Waals surface area contributed by atoms with Gasteiger partial charge in [0.05, 0.1) is 25.3 Å². The molecule has 6 heteroatoms. The number of rotatable bonds is 4. The highest BCUT2D eigenvalue weighted by atomic mass is 35.5. The first-order chi connectivity index (χ1) is 14.0. The molecule has 29 heavy (non-hydrogen) atoms. The van der Waals surface area contributed by atoms with Crippen molar-refractivity contribution in [2.75, 3.05) is 19.8 Å². The normalized spacial score (nSPS) is 16.7. The number of aliphatic hydroxyl groups excluding tert-OH is 1. The first-order valence-corrected chi connectivity index (χ1v) is 10.3. The lowest BCUT2D eigenvalue weighted by Crippen LogP contribution is -2.50. The smallest absolute Gasteiger partial charge is 0.249 e. The van der Waals surface area contributed by atoms with Crippen LogP contribution in [0.4, 0.5) is 0 Å². The standard InChI is InChI=1S/C14H18ClNO3.C6H5Cl.C3H6/c1-2-12(7-17)16-13(8-19-9-14(16)18)10-3-5-11(15)6-4-10;7-6-4-2-1-3-5-6;1-3-2/h3-6,12-13,17H,2,7-9H2,1H3;1-5H;3H,1H2,2H3. The van der Waals surface area contributed by atoms with Crippen LogP contribution in [0.1, 0.15) is 31.9 Å². The van der Waals surface area contributed by atoms with Crippen molar-refractivity contribution >= 4 is 29.1 Å². The quantitative estimate of drug-likeness (QED) is 0.638. The number of aliphatic hydroxyl groups is 1. The van der Waals surface area contributed by atoms with Crippen molar-refractivity contribution in [3.05, 3.63) is 82.9 Å². The Labute approximate surface area is 183 Å². The van der Waals surface area contributed by atoms with Crippen molar-refractivity contribution in [3.63, 3.8) is 0 Å². The third kappa shape index (κ3) is 8.58. The van der Waals surface area contributed by atoms with Gasteiger partial charge in [-0.3, -0.25) is 4.79 Å². The number of carbonyl (C=O) groups is 1. The van der Waals surface area contributed by atoms with E-state index in [4.69, 9.17) is 27.9 Å². The van der Waals surface area contributed by atoms with Crippen molar-refractivity contribution in [2.24, 2.45) is 0 Å². The van der Waals surface area contributed by atoms with Gasteiger partial charge in [0, 0.05) is 10.0 Å². The van der Waals surface area contributed by atoms with Gasteiger partial charge in [0.1, 0.15) is 6.61 Å². The molecule has 0 radical (unpaired) electrons. The van der Waals surface area contributed by atoms with Crippen LogP contribution in [0.3, 0.4) is 0 Å². The monoisotopic (exact) mass is 437 g/mol. The Bertz CT molecular complexity index is 719. The number of benzene rings is 2. The largest absolute Gasteiger partial charge is 0.394 e. The van der Waals surface area contributed by atoms with Gasteiger partial charge in [0.25, 0.3) is 0 Å². The summed E-state index contributed by atoms with van der Waals surface area (Å²) in [5.41, 5.74) is 0.976. The Balaban J connectivity index is 0.000000347. The third-order valence-corrected chi connectivity index (χ3v) is 4.69. The summed E-state index contributed by atoms with van der Waals surface area (Å²) in [4.78, 5) is 13.8. The van der Waals surface area contributed by atoms with Gasteiger partial charge in [0.2, 0.25) is 5.91 Å². The van der Waals surface area contributed by atoms with E-state index in [9.17, 15) is 9.90 Å². The van der Waals surface area contributed by atoms with Gasteiger partial charge in [-0.2, -0.15) is 0 Å². The van der Waals surface area contributed by atoms with Gasteiger partial charge >= 0.3 is 0 Å². The van der Waals surface area contributed by atoms with Crippen molar-refractivity contribution in [1.29, 1.82) is 0 Å². The number of morpholine rings is 1. The van der Waals surface area contributed by atoms with Gasteiger partial charge in [-0.1, -0.05) is 66.5 Å². The summed E-state index contributed by atoms with van der Waals surface area (Å²) in [6, 6.07) is 16.5. The Hall–Kier alpha value is -1.85. The predicted octanol–water partition coefficient (Wildman–Crippen LogP) is 5.54. The molecule has 1 N–H and O–H groups in total. The second-order valence-corrected chi connectivity index (χ2v) is 7.20. The molecule has 1 saturated heterocycles. The van der Waals surface area contributed by atoms with Crippen LogP contribution in [-0.2, 0) is 9.53 Å². The van der Waals surface area contributed by atoms with Crippen LogP contribution in [0, 0.1) is 0 Å². The van der Waals surface area contributed by atoms with Gasteiger partial charge in [-0.05, 0) is 43.2 Å². The molecule has 0 aromatic heterocycles. The Morgan fingerprint density at radius 3 is 2.17 bits per heavy atom. The van der Waals surface area contributed by atoms with Crippen molar-refractivity contribution < 1.29 is 14.6 Å². The third-order valence-electron chi connectivity index (χ3n) is 4.19. The van der Waals surface area contributed by atoms with Gasteiger partial charge in [-0.25, -0.2) is 0 Å². The highest BCUT2D eigenvalue weighted by Crippen LogP contribution is 2.28. The summed E-state index contributed by atoms with van der Waals surface area (Å²) in [5.74, 6) is -0.0768. The summed E-state index contributed by atoms with van der Waals surface area (Å²) < 4.78 is 5.34. The van der Waals surface area contributed by atoms with E-state index in [0.717, 1.165) is 10.6 Å². The number of halogens is 2. The van der Waals surface area contributed by atoms with Crippen LogP contribution in [0.25, 0.3) is 0 Å². The fourth-order valence-corrected chi connectivity index (χ4v) is 3.09. The lowest BCUT2D eigenvalue weighted by atomic mass is 10.0. The zero-order valence-electron chi connectivity index (χ0n) is 16.9. The molecule has 4 nitrogen and oxygen atoms in total. The number of hydrogen-bond donors (Lipinski definition) is 1. The molecule has 0 saturated carbocycles. The zero-order chi connectivity index (χ0) is 21.6. The Kier molecular flexibility index (Phi) is 12.3. The molecule has 0 spiro atoms. The van der Waals surface area contributed by atoms with Crippen LogP contribution < -0.4 is 0 Å². The fourth-order valence-electron chi connectivity index (χ4n) is 2.81. The van der Waals surface area contributed by atoms with Crippen LogP contribution >= 0.6 is 23.2 Å². The van der Waals surface area contributed by atoms with E-state index < -0.39 is 0 Å². The fraction of sp³-hybridized carbons (Fsp3) is 0.348. The van der Waals surface area contributed by atoms with Crippen molar-refractivity contribution in [3.8, 4) is 0 Å².